The summed E-state index contributed by atoms with van der Waals surface area (Å²) in [5, 5.41) is 0. The van der Waals surface area contributed by atoms with Crippen molar-refractivity contribution in [2.45, 2.75) is 52.4 Å². The molecule has 19 heavy (non-hydrogen) atoms. The Kier molecular flexibility index (Phi) is 2.60. The van der Waals surface area contributed by atoms with Crippen LogP contribution >= 0.6 is 0 Å². The maximum Gasteiger partial charge on any atom is 0.260 e. The number of alkyl halides is 2. The van der Waals surface area contributed by atoms with Gasteiger partial charge in [0.1, 0.15) is 5.92 Å². The van der Waals surface area contributed by atoms with Gasteiger partial charge >= 0.3 is 0 Å². The third-order valence-corrected chi connectivity index (χ3v) is 5.48. The zero-order valence-corrected chi connectivity index (χ0v) is 12.0. The molecule has 0 aromatic carbocycles. The minimum absolute atomic E-state index is 0.140. The van der Waals surface area contributed by atoms with Crippen LogP contribution in [0, 0.1) is 22.7 Å². The Balaban J connectivity index is 1.75. The van der Waals surface area contributed by atoms with Gasteiger partial charge in [-0.2, -0.15) is 0 Å². The number of halogens is 2. The van der Waals surface area contributed by atoms with E-state index in [0.29, 0.717) is 19.0 Å². The molecule has 0 bridgehead atoms. The molecule has 108 valence electrons. The quantitative estimate of drug-likeness (QED) is 0.716. The van der Waals surface area contributed by atoms with E-state index in [4.69, 9.17) is 0 Å². The molecule has 0 N–H and O–H groups in total. The zero-order chi connectivity index (χ0) is 14.1. The number of carbonyl (C=O) groups excluding carboxylic acids is 1. The molecule has 2 nitrogen and oxygen atoms in total. The highest BCUT2D eigenvalue weighted by atomic mass is 19.3. The minimum atomic E-state index is -2.73. The summed E-state index contributed by atoms with van der Waals surface area (Å²) >= 11 is 0. The SMILES string of the molecule is CC(C)(C)C1CN(C(=O)C2CC2(F)F)CC12CCC2. The first-order chi connectivity index (χ1) is 8.66. The molecule has 2 atom stereocenters. The van der Waals surface area contributed by atoms with Gasteiger partial charge in [0, 0.05) is 19.5 Å². The van der Waals surface area contributed by atoms with Gasteiger partial charge in [0.25, 0.3) is 5.92 Å². The van der Waals surface area contributed by atoms with Crippen molar-refractivity contribution in [3.63, 3.8) is 0 Å². The Bertz CT molecular complexity index is 409. The van der Waals surface area contributed by atoms with Gasteiger partial charge in [0.2, 0.25) is 5.91 Å². The number of likely N-dealkylation sites (tertiary alicyclic amines) is 1. The van der Waals surface area contributed by atoms with E-state index in [-0.39, 0.29) is 23.2 Å². The fourth-order valence-electron chi connectivity index (χ4n) is 4.17. The molecule has 3 rings (SSSR count). The fourth-order valence-corrected chi connectivity index (χ4v) is 4.17. The van der Waals surface area contributed by atoms with Crippen LogP contribution in [0.4, 0.5) is 8.78 Å². The van der Waals surface area contributed by atoms with Crippen molar-refractivity contribution in [2.75, 3.05) is 13.1 Å². The van der Waals surface area contributed by atoms with Crippen LogP contribution in [0.5, 0.6) is 0 Å². The molecule has 1 spiro atoms. The molecule has 2 aliphatic carbocycles. The number of amides is 1. The molecule has 2 saturated carbocycles. The van der Waals surface area contributed by atoms with Crippen LogP contribution in [0.15, 0.2) is 0 Å². The molecule has 3 aliphatic rings. The summed E-state index contributed by atoms with van der Waals surface area (Å²) in [6.45, 7) is 8.00. The second-order valence-corrected chi connectivity index (χ2v) is 7.87. The van der Waals surface area contributed by atoms with E-state index in [2.05, 4.69) is 20.8 Å². The lowest BCUT2D eigenvalue weighted by Gasteiger charge is -2.47. The Morgan fingerprint density at radius 2 is 1.84 bits per heavy atom. The van der Waals surface area contributed by atoms with Gasteiger partial charge in [-0.1, -0.05) is 27.2 Å². The van der Waals surface area contributed by atoms with E-state index < -0.39 is 11.8 Å². The maximum absolute atomic E-state index is 13.1. The van der Waals surface area contributed by atoms with Crippen LogP contribution in [-0.4, -0.2) is 29.8 Å². The fraction of sp³-hybridized carbons (Fsp3) is 0.933. The van der Waals surface area contributed by atoms with E-state index in [1.54, 1.807) is 4.90 Å². The Labute approximate surface area is 113 Å². The Morgan fingerprint density at radius 1 is 1.26 bits per heavy atom. The summed E-state index contributed by atoms with van der Waals surface area (Å²) < 4.78 is 26.1. The summed E-state index contributed by atoms with van der Waals surface area (Å²) in [6.07, 6.45) is 3.28. The van der Waals surface area contributed by atoms with Crippen LogP contribution in [0.25, 0.3) is 0 Å². The third kappa shape index (κ3) is 1.98. The molecule has 0 aromatic rings. The summed E-state index contributed by atoms with van der Waals surface area (Å²) in [5.41, 5.74) is 0.361. The van der Waals surface area contributed by atoms with Gasteiger partial charge < -0.3 is 4.90 Å². The average molecular weight is 271 g/mol. The van der Waals surface area contributed by atoms with Crippen LogP contribution < -0.4 is 0 Å². The topological polar surface area (TPSA) is 20.3 Å². The Morgan fingerprint density at radius 3 is 2.16 bits per heavy atom. The first-order valence-corrected chi connectivity index (χ1v) is 7.32. The van der Waals surface area contributed by atoms with Crippen molar-refractivity contribution >= 4 is 5.91 Å². The molecule has 4 heteroatoms. The lowest BCUT2D eigenvalue weighted by Crippen LogP contribution is -2.43. The molecule has 1 amide bonds. The summed E-state index contributed by atoms with van der Waals surface area (Å²) in [7, 11) is 0. The summed E-state index contributed by atoms with van der Waals surface area (Å²) in [4.78, 5) is 13.9. The smallest absolute Gasteiger partial charge is 0.260 e. The largest absolute Gasteiger partial charge is 0.341 e. The van der Waals surface area contributed by atoms with Gasteiger partial charge in [-0.3, -0.25) is 4.79 Å². The lowest BCUT2D eigenvalue weighted by molar-refractivity contribution is -0.134. The van der Waals surface area contributed by atoms with E-state index in [0.717, 1.165) is 12.8 Å². The highest BCUT2D eigenvalue weighted by Crippen LogP contribution is 2.58. The molecular formula is C15H23F2NO. The van der Waals surface area contributed by atoms with Crippen molar-refractivity contribution in [1.82, 2.24) is 4.90 Å². The van der Waals surface area contributed by atoms with E-state index >= 15 is 0 Å². The number of hydrogen-bond acceptors (Lipinski definition) is 1. The van der Waals surface area contributed by atoms with Gasteiger partial charge in [0.05, 0.1) is 0 Å². The van der Waals surface area contributed by atoms with Crippen molar-refractivity contribution in [2.24, 2.45) is 22.7 Å². The van der Waals surface area contributed by atoms with Crippen LogP contribution in [0.2, 0.25) is 0 Å². The number of carbonyl (C=O) groups is 1. The molecule has 1 aliphatic heterocycles. The van der Waals surface area contributed by atoms with E-state index in [1.807, 2.05) is 0 Å². The van der Waals surface area contributed by atoms with Crippen molar-refractivity contribution in [3.05, 3.63) is 0 Å². The Hall–Kier alpha value is -0.670. The third-order valence-electron chi connectivity index (χ3n) is 5.48. The highest BCUT2D eigenvalue weighted by Gasteiger charge is 2.64. The highest BCUT2D eigenvalue weighted by molar-refractivity contribution is 5.83. The van der Waals surface area contributed by atoms with E-state index in [9.17, 15) is 13.6 Å². The number of nitrogens with zero attached hydrogens (tertiary/aromatic N) is 1. The number of rotatable bonds is 1. The van der Waals surface area contributed by atoms with Gasteiger partial charge in [-0.05, 0) is 29.6 Å². The predicted octanol–water partition coefficient (Wildman–Crippen LogP) is 3.32. The molecule has 0 aromatic heterocycles. The normalized spacial score (nSPS) is 35.3. The number of hydrogen-bond donors (Lipinski definition) is 0. The monoisotopic (exact) mass is 271 g/mol. The lowest BCUT2D eigenvalue weighted by atomic mass is 9.56. The molecular weight excluding hydrogens is 248 g/mol. The zero-order valence-electron chi connectivity index (χ0n) is 12.0. The first-order valence-electron chi connectivity index (χ1n) is 7.32. The van der Waals surface area contributed by atoms with Crippen molar-refractivity contribution in [3.8, 4) is 0 Å². The van der Waals surface area contributed by atoms with Crippen LogP contribution in [0.1, 0.15) is 46.5 Å². The summed E-state index contributed by atoms with van der Waals surface area (Å²) in [6, 6.07) is 0. The van der Waals surface area contributed by atoms with Gasteiger partial charge in [0.15, 0.2) is 0 Å². The van der Waals surface area contributed by atoms with Crippen LogP contribution in [-0.2, 0) is 4.79 Å². The maximum atomic E-state index is 13.1. The molecule has 0 radical (unpaired) electrons. The average Bonchev–Trinajstić information content (AvgIpc) is 2.73. The molecule has 2 unspecified atom stereocenters. The van der Waals surface area contributed by atoms with E-state index in [1.165, 1.54) is 6.42 Å². The predicted molar refractivity (Wildman–Crippen MR) is 68.9 cm³/mol. The standard InChI is InChI=1S/C15H23F2NO/c1-13(2,3)11-8-18(9-14(11)5-4-6-14)12(19)10-7-15(10,16)17/h10-11H,4-9H2,1-3H3. The second-order valence-electron chi connectivity index (χ2n) is 7.87. The molecule has 3 fully saturated rings. The summed E-state index contributed by atoms with van der Waals surface area (Å²) in [5.74, 6) is -3.61. The molecule has 1 heterocycles. The van der Waals surface area contributed by atoms with Crippen molar-refractivity contribution in [1.29, 1.82) is 0 Å². The first kappa shape index (κ1) is 13.3. The van der Waals surface area contributed by atoms with Crippen LogP contribution in [0.3, 0.4) is 0 Å². The van der Waals surface area contributed by atoms with Gasteiger partial charge in [-0.15, -0.1) is 0 Å². The second kappa shape index (κ2) is 3.70. The minimum Gasteiger partial charge on any atom is -0.341 e. The molecule has 1 saturated heterocycles. The van der Waals surface area contributed by atoms with Crippen molar-refractivity contribution < 1.29 is 13.6 Å². The van der Waals surface area contributed by atoms with Gasteiger partial charge in [-0.25, -0.2) is 8.78 Å².